The summed E-state index contributed by atoms with van der Waals surface area (Å²) in [6, 6.07) is 16.8. The smallest absolute Gasteiger partial charge is 0.303 e. The van der Waals surface area contributed by atoms with Gasteiger partial charge in [0.15, 0.2) is 0 Å². The summed E-state index contributed by atoms with van der Waals surface area (Å²) in [5.41, 5.74) is 2.75. The second-order valence-electron chi connectivity index (χ2n) is 15.3. The molecule has 51 heavy (non-hydrogen) atoms. The lowest BCUT2D eigenvalue weighted by Crippen LogP contribution is -2.45. The van der Waals surface area contributed by atoms with Crippen LogP contribution in [0.1, 0.15) is 121 Å². The van der Waals surface area contributed by atoms with Gasteiger partial charge in [0, 0.05) is 19.0 Å². The molecule has 0 radical (unpaired) electrons. The van der Waals surface area contributed by atoms with E-state index in [1.165, 1.54) is 5.56 Å². The average molecular weight is 708 g/mol. The van der Waals surface area contributed by atoms with E-state index in [-0.39, 0.29) is 43.2 Å². The van der Waals surface area contributed by atoms with Gasteiger partial charge < -0.3 is 36.0 Å². The maximum absolute atomic E-state index is 11.8. The molecule has 284 valence electrons. The molecule has 4 atom stereocenters. The predicted molar refractivity (Wildman–Crippen MR) is 205 cm³/mol. The molecule has 1 fully saturated rings. The maximum atomic E-state index is 11.8. The van der Waals surface area contributed by atoms with Crippen LogP contribution in [0.5, 0.6) is 5.75 Å². The van der Waals surface area contributed by atoms with Gasteiger partial charge in [-0.2, -0.15) is 0 Å². The van der Waals surface area contributed by atoms with Gasteiger partial charge in [-0.15, -0.1) is 0 Å². The van der Waals surface area contributed by atoms with E-state index in [0.29, 0.717) is 25.7 Å². The van der Waals surface area contributed by atoms with Crippen LogP contribution in [0.25, 0.3) is 0 Å². The zero-order valence-electron chi connectivity index (χ0n) is 31.1. The molecule has 0 amide bonds. The summed E-state index contributed by atoms with van der Waals surface area (Å²) in [6.45, 7) is 3.80. The van der Waals surface area contributed by atoms with Gasteiger partial charge >= 0.3 is 5.97 Å². The van der Waals surface area contributed by atoms with E-state index >= 15 is 0 Å². The number of carbonyl (C=O) groups is 1. The monoisotopic (exact) mass is 707 g/mol. The summed E-state index contributed by atoms with van der Waals surface area (Å²) < 4.78 is 0. The van der Waals surface area contributed by atoms with Crippen molar-refractivity contribution in [2.75, 3.05) is 13.2 Å². The molecule has 1 saturated carbocycles. The molecule has 0 aliphatic heterocycles. The van der Waals surface area contributed by atoms with Gasteiger partial charge in [-0.25, -0.2) is 0 Å². The second-order valence-corrected chi connectivity index (χ2v) is 15.3. The fourth-order valence-electron chi connectivity index (χ4n) is 7.69. The molecule has 8 heteroatoms. The van der Waals surface area contributed by atoms with Crippen molar-refractivity contribution in [1.29, 1.82) is 0 Å². The van der Waals surface area contributed by atoms with Crippen molar-refractivity contribution < 1.29 is 35.4 Å². The van der Waals surface area contributed by atoms with Gasteiger partial charge in [0.05, 0.1) is 30.8 Å². The first-order valence-electron chi connectivity index (χ1n) is 19.3. The van der Waals surface area contributed by atoms with Crippen LogP contribution in [-0.4, -0.2) is 73.6 Å². The first-order valence-corrected chi connectivity index (χ1v) is 19.3. The lowest BCUT2D eigenvalue weighted by atomic mass is 9.77. The number of allylic oxidation sites excluding steroid dienone is 2. The number of aliphatic hydroxyl groups excluding tert-OH is 3. The van der Waals surface area contributed by atoms with Crippen molar-refractivity contribution in [2.45, 2.75) is 147 Å². The topological polar surface area (TPSA) is 150 Å². The van der Waals surface area contributed by atoms with Gasteiger partial charge in [-0.05, 0) is 98.1 Å². The number of aryl methyl sites for hydroxylation is 1. The fourth-order valence-corrected chi connectivity index (χ4v) is 7.69. The molecule has 0 saturated heterocycles. The van der Waals surface area contributed by atoms with Crippen molar-refractivity contribution >= 4 is 5.97 Å². The highest BCUT2D eigenvalue weighted by molar-refractivity contribution is 5.67. The molecule has 7 N–H and O–H groups in total. The number of carboxylic acid groups (broad SMARTS) is 1. The van der Waals surface area contributed by atoms with E-state index in [0.717, 1.165) is 87.3 Å². The van der Waals surface area contributed by atoms with Crippen LogP contribution in [0.3, 0.4) is 0 Å². The number of nitrogens with one attached hydrogen (secondary N) is 1. The number of phenolic OH excluding ortho intramolecular Hbond substituents is 1. The quantitative estimate of drug-likeness (QED) is 0.0417. The molecular weight excluding hydrogens is 642 g/mol. The lowest BCUT2D eigenvalue weighted by Gasteiger charge is -2.32. The second kappa shape index (κ2) is 22.1. The van der Waals surface area contributed by atoms with Gasteiger partial charge in [0.1, 0.15) is 5.75 Å². The highest BCUT2D eigenvalue weighted by Crippen LogP contribution is 2.45. The summed E-state index contributed by atoms with van der Waals surface area (Å²) in [4.78, 5) is 11.8. The first-order chi connectivity index (χ1) is 24.4. The van der Waals surface area contributed by atoms with E-state index in [1.54, 1.807) is 31.2 Å². The largest absolute Gasteiger partial charge is 0.508 e. The first kappa shape index (κ1) is 42.4. The van der Waals surface area contributed by atoms with Crippen molar-refractivity contribution in [3.05, 3.63) is 89.0 Å². The van der Waals surface area contributed by atoms with E-state index in [1.807, 2.05) is 30.4 Å². The molecule has 0 bridgehead atoms. The Kier molecular flexibility index (Phi) is 18.4. The van der Waals surface area contributed by atoms with E-state index in [4.69, 9.17) is 0 Å². The number of benzene rings is 2. The van der Waals surface area contributed by atoms with Gasteiger partial charge in [-0.3, -0.25) is 4.79 Å². The summed E-state index contributed by atoms with van der Waals surface area (Å²) in [5, 5.41) is 66.4. The van der Waals surface area contributed by atoms with Gasteiger partial charge in [0.25, 0.3) is 0 Å². The SMILES string of the molecule is CCCCCC(O)C=CC(CCc1ccccc1)=C(CC(O)CO)C(CCCCC1(CC(=O)O)CCCC1)NCC(C)(O)Cc1ccc(O)cc1. The molecule has 0 heterocycles. The molecule has 2 aromatic carbocycles. The van der Waals surface area contributed by atoms with Crippen LogP contribution in [0, 0.1) is 5.41 Å². The Labute approximate surface area is 306 Å². The van der Waals surface area contributed by atoms with Crippen LogP contribution >= 0.6 is 0 Å². The Hall–Kier alpha value is -3.01. The number of unbranched alkanes of at least 4 members (excludes halogenated alkanes) is 3. The van der Waals surface area contributed by atoms with Crippen molar-refractivity contribution in [3.63, 3.8) is 0 Å². The number of rotatable bonds is 25. The van der Waals surface area contributed by atoms with Crippen LogP contribution in [0.4, 0.5) is 0 Å². The number of aromatic hydroxyl groups is 1. The number of carboxylic acids is 1. The number of hydrogen-bond acceptors (Lipinski definition) is 7. The van der Waals surface area contributed by atoms with Crippen molar-refractivity contribution in [3.8, 4) is 5.75 Å². The average Bonchev–Trinajstić information content (AvgIpc) is 3.56. The van der Waals surface area contributed by atoms with Crippen LogP contribution in [0.2, 0.25) is 0 Å². The van der Waals surface area contributed by atoms with Crippen LogP contribution < -0.4 is 5.32 Å². The summed E-state index contributed by atoms with van der Waals surface area (Å²) in [7, 11) is 0. The van der Waals surface area contributed by atoms with E-state index < -0.39 is 23.8 Å². The maximum Gasteiger partial charge on any atom is 0.303 e. The molecule has 1 aliphatic rings. The van der Waals surface area contributed by atoms with E-state index in [9.17, 15) is 35.4 Å². The number of hydrogen-bond donors (Lipinski definition) is 7. The number of phenols is 1. The van der Waals surface area contributed by atoms with Crippen molar-refractivity contribution in [1.82, 2.24) is 5.32 Å². The summed E-state index contributed by atoms with van der Waals surface area (Å²) in [6.07, 6.45) is 15.5. The Bertz CT molecular complexity index is 1330. The van der Waals surface area contributed by atoms with Gasteiger partial charge in [-0.1, -0.05) is 106 Å². The molecule has 3 rings (SSSR count). The molecule has 4 unspecified atom stereocenters. The highest BCUT2D eigenvalue weighted by atomic mass is 16.4. The Morgan fingerprint density at radius 1 is 0.961 bits per heavy atom. The number of aliphatic hydroxyl groups is 4. The Morgan fingerprint density at radius 3 is 2.29 bits per heavy atom. The predicted octanol–water partition coefficient (Wildman–Crippen LogP) is 7.41. The Morgan fingerprint density at radius 2 is 1.65 bits per heavy atom. The minimum atomic E-state index is -1.12. The van der Waals surface area contributed by atoms with Gasteiger partial charge in [0.2, 0.25) is 0 Å². The molecule has 1 aliphatic carbocycles. The third-order valence-electron chi connectivity index (χ3n) is 10.5. The Balaban J connectivity index is 1.95. The minimum Gasteiger partial charge on any atom is -0.508 e. The third kappa shape index (κ3) is 16.0. The highest BCUT2D eigenvalue weighted by Gasteiger charge is 2.35. The summed E-state index contributed by atoms with van der Waals surface area (Å²) in [5.74, 6) is -0.564. The number of aliphatic carboxylic acids is 1. The zero-order valence-corrected chi connectivity index (χ0v) is 31.1. The van der Waals surface area contributed by atoms with Crippen molar-refractivity contribution in [2.24, 2.45) is 5.41 Å². The molecular formula is C43H65NO7. The minimum absolute atomic E-state index is 0.147. The summed E-state index contributed by atoms with van der Waals surface area (Å²) >= 11 is 0. The molecule has 2 aromatic rings. The van der Waals surface area contributed by atoms with Crippen LogP contribution in [-0.2, 0) is 17.6 Å². The van der Waals surface area contributed by atoms with E-state index in [2.05, 4.69) is 24.4 Å². The molecule has 0 spiro atoms. The zero-order chi connectivity index (χ0) is 37.1. The fraction of sp³-hybridized carbons (Fsp3) is 0.605. The standard InChI is InChI=1S/C43H65NO7/c1-3-4-6-15-36(46)24-21-35(20-17-33-13-7-5-8-14-33)39(28-38(48)31-45)40(16-9-10-25-43(30-41(49)50)26-11-12-27-43)44-32-42(2,51)29-34-18-22-37(47)23-19-34/h5,7-8,13-14,18-19,21-24,36,38,40,44-48,51H,3-4,6,9-12,15-17,20,25-32H2,1-2H3,(H,49,50). The molecule has 0 aromatic heterocycles. The van der Waals surface area contributed by atoms with Crippen LogP contribution in [0.15, 0.2) is 77.9 Å². The lowest BCUT2D eigenvalue weighted by molar-refractivity contribution is -0.139. The third-order valence-corrected chi connectivity index (χ3v) is 10.5. The normalized spacial score (nSPS) is 17.9. The molecule has 8 nitrogen and oxygen atoms in total.